The predicted molar refractivity (Wildman–Crippen MR) is 77.1 cm³/mol. The number of rotatable bonds is 9. The molecule has 0 atom stereocenters. The first kappa shape index (κ1) is 15.2. The SMILES string of the molecule is C=CCNC(=O)COc1cccc(CNCCC)c1. The molecular weight excluding hydrogens is 240 g/mol. The number of carbonyl (C=O) groups is 1. The quantitative estimate of drug-likeness (QED) is 0.527. The van der Waals surface area contributed by atoms with E-state index >= 15 is 0 Å². The second kappa shape index (κ2) is 9.16. The van der Waals surface area contributed by atoms with Crippen molar-refractivity contribution in [2.75, 3.05) is 19.7 Å². The van der Waals surface area contributed by atoms with Gasteiger partial charge in [0.1, 0.15) is 5.75 Å². The molecule has 0 aliphatic heterocycles. The number of hydrogen-bond donors (Lipinski definition) is 2. The molecule has 0 bridgehead atoms. The van der Waals surface area contributed by atoms with Gasteiger partial charge >= 0.3 is 0 Å². The monoisotopic (exact) mass is 262 g/mol. The van der Waals surface area contributed by atoms with Crippen molar-refractivity contribution in [1.29, 1.82) is 0 Å². The van der Waals surface area contributed by atoms with E-state index in [0.29, 0.717) is 12.3 Å². The van der Waals surface area contributed by atoms with E-state index in [2.05, 4.69) is 24.1 Å². The third kappa shape index (κ3) is 6.62. The molecule has 1 rings (SSSR count). The van der Waals surface area contributed by atoms with Crippen LogP contribution in [0.4, 0.5) is 0 Å². The summed E-state index contributed by atoms with van der Waals surface area (Å²) in [6.07, 6.45) is 2.75. The van der Waals surface area contributed by atoms with Crippen molar-refractivity contribution in [2.45, 2.75) is 19.9 Å². The van der Waals surface area contributed by atoms with Gasteiger partial charge in [-0.15, -0.1) is 6.58 Å². The highest BCUT2D eigenvalue weighted by Gasteiger charge is 2.02. The summed E-state index contributed by atoms with van der Waals surface area (Å²) in [5.41, 5.74) is 1.15. The van der Waals surface area contributed by atoms with E-state index in [0.717, 1.165) is 25.1 Å². The summed E-state index contributed by atoms with van der Waals surface area (Å²) in [7, 11) is 0. The number of ether oxygens (including phenoxy) is 1. The van der Waals surface area contributed by atoms with Gasteiger partial charge in [-0.2, -0.15) is 0 Å². The zero-order chi connectivity index (χ0) is 13.9. The lowest BCUT2D eigenvalue weighted by Gasteiger charge is -2.08. The van der Waals surface area contributed by atoms with Crippen LogP contribution in [0.15, 0.2) is 36.9 Å². The van der Waals surface area contributed by atoms with Crippen LogP contribution in [0.2, 0.25) is 0 Å². The smallest absolute Gasteiger partial charge is 0.258 e. The second-order valence-electron chi connectivity index (χ2n) is 4.21. The number of benzene rings is 1. The lowest BCUT2D eigenvalue weighted by molar-refractivity contribution is -0.122. The van der Waals surface area contributed by atoms with E-state index in [1.165, 1.54) is 0 Å². The highest BCUT2D eigenvalue weighted by Crippen LogP contribution is 2.13. The standard InChI is InChI=1S/C15H22N2O2/c1-3-8-16-11-13-6-5-7-14(10-13)19-12-15(18)17-9-4-2/h4-7,10,16H,2-3,8-9,11-12H2,1H3,(H,17,18). The molecule has 104 valence electrons. The molecule has 0 saturated heterocycles. The molecule has 0 saturated carbocycles. The Labute approximate surface area is 114 Å². The molecule has 1 aromatic rings. The van der Waals surface area contributed by atoms with Crippen LogP contribution >= 0.6 is 0 Å². The fourth-order valence-electron chi connectivity index (χ4n) is 1.54. The van der Waals surface area contributed by atoms with Crippen molar-refractivity contribution in [1.82, 2.24) is 10.6 Å². The zero-order valence-electron chi connectivity index (χ0n) is 11.4. The summed E-state index contributed by atoms with van der Waals surface area (Å²) in [6.45, 7) is 7.97. The largest absolute Gasteiger partial charge is 0.484 e. The van der Waals surface area contributed by atoms with E-state index in [9.17, 15) is 4.79 Å². The van der Waals surface area contributed by atoms with Crippen LogP contribution in [0, 0.1) is 0 Å². The zero-order valence-corrected chi connectivity index (χ0v) is 11.4. The van der Waals surface area contributed by atoms with Crippen molar-refractivity contribution in [3.63, 3.8) is 0 Å². The molecule has 4 heteroatoms. The summed E-state index contributed by atoms with van der Waals surface area (Å²) in [5.74, 6) is 0.568. The highest BCUT2D eigenvalue weighted by molar-refractivity contribution is 5.77. The molecular formula is C15H22N2O2. The third-order valence-corrected chi connectivity index (χ3v) is 2.47. The lowest BCUT2D eigenvalue weighted by atomic mass is 10.2. The van der Waals surface area contributed by atoms with Crippen molar-refractivity contribution in [2.24, 2.45) is 0 Å². The Hall–Kier alpha value is -1.81. The van der Waals surface area contributed by atoms with Crippen molar-refractivity contribution in [3.05, 3.63) is 42.5 Å². The number of nitrogens with one attached hydrogen (secondary N) is 2. The topological polar surface area (TPSA) is 50.4 Å². The number of amides is 1. The van der Waals surface area contributed by atoms with Gasteiger partial charge in [0, 0.05) is 13.1 Å². The van der Waals surface area contributed by atoms with Crippen LogP contribution in [0.25, 0.3) is 0 Å². The first-order valence-electron chi connectivity index (χ1n) is 6.56. The van der Waals surface area contributed by atoms with Gasteiger partial charge in [0.2, 0.25) is 0 Å². The molecule has 0 unspecified atom stereocenters. The summed E-state index contributed by atoms with van der Waals surface area (Å²) in [5, 5.41) is 5.99. The minimum absolute atomic E-state index is 0.0275. The van der Waals surface area contributed by atoms with Crippen molar-refractivity contribution in [3.8, 4) is 5.75 Å². The molecule has 0 aliphatic carbocycles. The van der Waals surface area contributed by atoms with Crippen molar-refractivity contribution >= 4 is 5.91 Å². The van der Waals surface area contributed by atoms with Gasteiger partial charge in [-0.1, -0.05) is 25.1 Å². The Morgan fingerprint density at radius 1 is 1.47 bits per heavy atom. The molecule has 0 aromatic heterocycles. The van der Waals surface area contributed by atoms with Crippen LogP contribution in [-0.2, 0) is 11.3 Å². The Balaban J connectivity index is 2.39. The minimum Gasteiger partial charge on any atom is -0.484 e. The summed E-state index contributed by atoms with van der Waals surface area (Å²) < 4.78 is 5.44. The molecule has 0 heterocycles. The first-order valence-corrected chi connectivity index (χ1v) is 6.56. The molecule has 2 N–H and O–H groups in total. The van der Waals surface area contributed by atoms with Gasteiger partial charge in [-0.3, -0.25) is 4.79 Å². The lowest BCUT2D eigenvalue weighted by Crippen LogP contribution is -2.28. The normalized spacial score (nSPS) is 9.95. The number of carbonyl (C=O) groups excluding carboxylic acids is 1. The molecule has 0 fully saturated rings. The van der Waals surface area contributed by atoms with Gasteiger partial charge in [-0.05, 0) is 30.7 Å². The fourth-order valence-corrected chi connectivity index (χ4v) is 1.54. The van der Waals surface area contributed by atoms with Gasteiger partial charge < -0.3 is 15.4 Å². The Kier molecular flexibility index (Phi) is 7.35. The molecule has 4 nitrogen and oxygen atoms in total. The van der Waals surface area contributed by atoms with Crippen LogP contribution in [-0.4, -0.2) is 25.6 Å². The van der Waals surface area contributed by atoms with E-state index in [1.807, 2.05) is 24.3 Å². The van der Waals surface area contributed by atoms with E-state index in [4.69, 9.17) is 4.74 Å². The highest BCUT2D eigenvalue weighted by atomic mass is 16.5. The Morgan fingerprint density at radius 2 is 2.32 bits per heavy atom. The van der Waals surface area contributed by atoms with Gasteiger partial charge in [-0.25, -0.2) is 0 Å². The maximum atomic E-state index is 11.4. The average Bonchev–Trinajstić information content (AvgIpc) is 2.44. The van der Waals surface area contributed by atoms with Gasteiger partial charge in [0.25, 0.3) is 5.91 Å². The van der Waals surface area contributed by atoms with E-state index < -0.39 is 0 Å². The summed E-state index contributed by atoms with van der Waals surface area (Å²) in [4.78, 5) is 11.4. The van der Waals surface area contributed by atoms with Crippen LogP contribution < -0.4 is 15.4 Å². The molecule has 1 amide bonds. The summed E-state index contributed by atoms with van der Waals surface area (Å²) in [6, 6.07) is 7.76. The maximum Gasteiger partial charge on any atom is 0.258 e. The Bertz CT molecular complexity index is 405. The van der Waals surface area contributed by atoms with E-state index in [-0.39, 0.29) is 12.5 Å². The Morgan fingerprint density at radius 3 is 3.05 bits per heavy atom. The minimum atomic E-state index is -0.144. The molecule has 19 heavy (non-hydrogen) atoms. The maximum absolute atomic E-state index is 11.4. The predicted octanol–water partition coefficient (Wildman–Crippen LogP) is 1.87. The molecule has 0 radical (unpaired) electrons. The number of hydrogen-bond acceptors (Lipinski definition) is 3. The molecule has 0 spiro atoms. The van der Waals surface area contributed by atoms with Gasteiger partial charge in [0.05, 0.1) is 0 Å². The third-order valence-electron chi connectivity index (χ3n) is 2.47. The molecule has 1 aromatic carbocycles. The van der Waals surface area contributed by atoms with Crippen LogP contribution in [0.5, 0.6) is 5.75 Å². The van der Waals surface area contributed by atoms with E-state index in [1.54, 1.807) is 6.08 Å². The molecule has 0 aliphatic rings. The van der Waals surface area contributed by atoms with Crippen LogP contribution in [0.3, 0.4) is 0 Å². The van der Waals surface area contributed by atoms with Gasteiger partial charge in [0.15, 0.2) is 6.61 Å². The first-order chi connectivity index (χ1) is 9.26. The average molecular weight is 262 g/mol. The fraction of sp³-hybridized carbons (Fsp3) is 0.400. The second-order valence-corrected chi connectivity index (χ2v) is 4.21. The summed E-state index contributed by atoms with van der Waals surface area (Å²) >= 11 is 0. The van der Waals surface area contributed by atoms with Crippen LogP contribution in [0.1, 0.15) is 18.9 Å². The van der Waals surface area contributed by atoms with Crippen molar-refractivity contribution < 1.29 is 9.53 Å².